The van der Waals surface area contributed by atoms with Crippen LogP contribution in [0.4, 0.5) is 0 Å². The molecule has 24 heavy (non-hydrogen) atoms. The second kappa shape index (κ2) is 7.04. The van der Waals surface area contributed by atoms with Gasteiger partial charge in [0, 0.05) is 5.56 Å². The van der Waals surface area contributed by atoms with Crippen LogP contribution in [0.15, 0.2) is 35.5 Å². The Bertz CT molecular complexity index is 567. The molecule has 0 saturated heterocycles. The maximum Gasteiger partial charge on any atom is 0.286 e. The number of oxime groups is 1. The van der Waals surface area contributed by atoms with Gasteiger partial charge in [-0.2, -0.15) is 0 Å². The van der Waals surface area contributed by atoms with Crippen molar-refractivity contribution in [2.75, 3.05) is 0 Å². The van der Waals surface area contributed by atoms with Gasteiger partial charge in [-0.25, -0.2) is 0 Å². The highest BCUT2D eigenvalue weighted by Gasteiger charge is 2.42. The van der Waals surface area contributed by atoms with Gasteiger partial charge in [-0.3, -0.25) is 0 Å². The van der Waals surface area contributed by atoms with Crippen LogP contribution in [0, 0.1) is 0 Å². The third kappa shape index (κ3) is 5.21. The minimum Gasteiger partial charge on any atom is -0.528 e. The first-order valence-electron chi connectivity index (χ1n) is 8.68. The van der Waals surface area contributed by atoms with Crippen molar-refractivity contribution in [1.82, 2.24) is 0 Å². The number of benzene rings is 1. The van der Waals surface area contributed by atoms with Crippen molar-refractivity contribution >= 4 is 22.5 Å². The predicted molar refractivity (Wildman–Crippen MR) is 110 cm³/mol. The van der Waals surface area contributed by atoms with Crippen LogP contribution in [0.1, 0.15) is 47.1 Å². The van der Waals surface area contributed by atoms with Crippen LogP contribution in [0.5, 0.6) is 0 Å². The van der Waals surface area contributed by atoms with Gasteiger partial charge in [-0.15, -0.1) is 0 Å². The molecule has 0 heterocycles. The third-order valence-corrected chi connectivity index (χ3v) is 13.8. The zero-order valence-electron chi connectivity index (χ0n) is 17.2. The van der Waals surface area contributed by atoms with Gasteiger partial charge in [0.25, 0.3) is 16.6 Å². The molecule has 0 saturated carbocycles. The van der Waals surface area contributed by atoms with E-state index in [1.807, 2.05) is 30.3 Å². The summed E-state index contributed by atoms with van der Waals surface area (Å²) in [6.07, 6.45) is 0. The molecule has 0 aliphatic rings. The number of hydrogen-bond acceptors (Lipinski definition) is 3. The Kier molecular flexibility index (Phi) is 6.15. The molecule has 0 atom stereocenters. The van der Waals surface area contributed by atoms with Crippen LogP contribution in [0.25, 0.3) is 0 Å². The molecule has 0 unspecified atom stereocenters. The molecule has 0 aliphatic heterocycles. The molecule has 1 aromatic rings. The van der Waals surface area contributed by atoms with E-state index in [1.165, 1.54) is 0 Å². The zero-order chi connectivity index (χ0) is 18.8. The lowest BCUT2D eigenvalue weighted by Crippen LogP contribution is -2.44. The molecule has 0 aromatic heterocycles. The summed E-state index contributed by atoms with van der Waals surface area (Å²) in [5.41, 5.74) is 0.973. The van der Waals surface area contributed by atoms with E-state index >= 15 is 0 Å². The summed E-state index contributed by atoms with van der Waals surface area (Å²) in [5.74, 6) is 0.618. The summed E-state index contributed by atoms with van der Waals surface area (Å²) in [6.45, 7) is 22.2. The Hall–Kier alpha value is -1.08. The Morgan fingerprint density at radius 1 is 0.792 bits per heavy atom. The highest BCUT2D eigenvalue weighted by molar-refractivity contribution is 6.76. The van der Waals surface area contributed by atoms with E-state index in [4.69, 9.17) is 8.95 Å². The van der Waals surface area contributed by atoms with Gasteiger partial charge in [0.1, 0.15) is 0 Å². The van der Waals surface area contributed by atoms with E-state index in [0.29, 0.717) is 5.90 Å². The van der Waals surface area contributed by atoms with Gasteiger partial charge >= 0.3 is 0 Å². The molecule has 0 fully saturated rings. The summed E-state index contributed by atoms with van der Waals surface area (Å²) < 4.78 is 12.6. The average Bonchev–Trinajstić information content (AvgIpc) is 2.42. The Balaban J connectivity index is 3.20. The molecule has 0 aliphatic carbocycles. The van der Waals surface area contributed by atoms with Crippen molar-refractivity contribution in [2.45, 2.75) is 77.8 Å². The molecule has 136 valence electrons. The fourth-order valence-corrected chi connectivity index (χ4v) is 2.93. The largest absolute Gasteiger partial charge is 0.528 e. The van der Waals surface area contributed by atoms with Crippen molar-refractivity contribution in [3.8, 4) is 0 Å². The van der Waals surface area contributed by atoms with E-state index in [9.17, 15) is 0 Å². The lowest BCUT2D eigenvalue weighted by Gasteiger charge is -2.37. The number of nitrogens with zero attached hydrogens (tertiary/aromatic N) is 1. The van der Waals surface area contributed by atoms with Crippen LogP contribution >= 0.6 is 0 Å². The van der Waals surface area contributed by atoms with Crippen molar-refractivity contribution in [2.24, 2.45) is 5.16 Å². The molecule has 0 spiro atoms. The smallest absolute Gasteiger partial charge is 0.286 e. The van der Waals surface area contributed by atoms with Gasteiger partial charge in [-0.05, 0) is 48.4 Å². The Morgan fingerprint density at radius 3 is 1.67 bits per heavy atom. The van der Waals surface area contributed by atoms with Gasteiger partial charge < -0.3 is 8.95 Å². The van der Waals surface area contributed by atoms with Gasteiger partial charge in [0.05, 0.1) is 0 Å². The first-order chi connectivity index (χ1) is 10.7. The summed E-state index contributed by atoms with van der Waals surface area (Å²) in [5, 5.41) is 4.74. The van der Waals surface area contributed by atoms with Crippen LogP contribution < -0.4 is 0 Å². The minimum absolute atomic E-state index is 0.106. The number of hydrogen-bond donors (Lipinski definition) is 0. The van der Waals surface area contributed by atoms with E-state index in [0.717, 1.165) is 5.56 Å². The highest BCUT2D eigenvalue weighted by Crippen LogP contribution is 2.38. The molecule has 1 aromatic carbocycles. The predicted octanol–water partition coefficient (Wildman–Crippen LogP) is 6.39. The van der Waals surface area contributed by atoms with Crippen LogP contribution in [0.3, 0.4) is 0 Å². The van der Waals surface area contributed by atoms with E-state index in [-0.39, 0.29) is 10.1 Å². The van der Waals surface area contributed by atoms with Crippen LogP contribution in [-0.2, 0) is 8.95 Å². The number of rotatable bonds is 4. The maximum atomic E-state index is 6.48. The Labute approximate surface area is 150 Å². The minimum atomic E-state index is -1.99. The van der Waals surface area contributed by atoms with Crippen molar-refractivity contribution in [3.05, 3.63) is 35.9 Å². The molecular formula is C19H35NO2Si2. The molecule has 0 bridgehead atoms. The SMILES string of the molecule is CC(C)(C)[Si](C)(C)O/N=C(\O[Si](C)(C)C(C)(C)C)c1ccccc1. The lowest BCUT2D eigenvalue weighted by molar-refractivity contribution is 0.294. The maximum absolute atomic E-state index is 6.48. The zero-order valence-corrected chi connectivity index (χ0v) is 19.2. The van der Waals surface area contributed by atoms with Crippen molar-refractivity contribution < 1.29 is 8.95 Å². The van der Waals surface area contributed by atoms with Gasteiger partial charge in [0.2, 0.25) is 5.90 Å². The molecule has 0 radical (unpaired) electrons. The second-order valence-corrected chi connectivity index (χ2v) is 18.9. The fourth-order valence-electron chi connectivity index (χ4n) is 1.40. The molecule has 3 nitrogen and oxygen atoms in total. The van der Waals surface area contributed by atoms with E-state index in [1.54, 1.807) is 0 Å². The topological polar surface area (TPSA) is 30.8 Å². The molecular weight excluding hydrogens is 330 g/mol. The molecule has 0 amide bonds. The highest BCUT2D eigenvalue weighted by atomic mass is 28.4. The fraction of sp³-hybridized carbons (Fsp3) is 0.632. The molecule has 1 rings (SSSR count). The van der Waals surface area contributed by atoms with Crippen LogP contribution in [-0.4, -0.2) is 22.5 Å². The van der Waals surface area contributed by atoms with Crippen LogP contribution in [0.2, 0.25) is 36.3 Å². The monoisotopic (exact) mass is 365 g/mol. The van der Waals surface area contributed by atoms with Crippen molar-refractivity contribution in [3.63, 3.8) is 0 Å². The summed E-state index contributed by atoms with van der Waals surface area (Å²) in [7, 11) is -3.96. The molecule has 0 N–H and O–H groups in total. The van der Waals surface area contributed by atoms with E-state index < -0.39 is 16.6 Å². The molecule has 5 heteroatoms. The van der Waals surface area contributed by atoms with E-state index in [2.05, 4.69) is 72.9 Å². The van der Waals surface area contributed by atoms with Crippen molar-refractivity contribution in [1.29, 1.82) is 0 Å². The summed E-state index contributed by atoms with van der Waals surface area (Å²) >= 11 is 0. The standard InChI is InChI=1S/C19H35NO2Si2/c1-18(2,3)23(7,8)21-17(16-14-12-11-13-15-16)20-22-24(9,10)19(4,5)6/h11-15H,1-10H3/b20-17-. The first kappa shape index (κ1) is 21.0. The van der Waals surface area contributed by atoms with Gasteiger partial charge in [-0.1, -0.05) is 64.9 Å². The third-order valence-electron chi connectivity index (χ3n) is 5.34. The summed E-state index contributed by atoms with van der Waals surface area (Å²) in [4.78, 5) is 0. The Morgan fingerprint density at radius 2 is 1.25 bits per heavy atom. The summed E-state index contributed by atoms with van der Waals surface area (Å²) in [6, 6.07) is 10.1. The first-order valence-corrected chi connectivity index (χ1v) is 14.5. The lowest BCUT2D eigenvalue weighted by atomic mass is 10.2. The van der Waals surface area contributed by atoms with Gasteiger partial charge in [0.15, 0.2) is 0 Å². The average molecular weight is 366 g/mol. The quantitative estimate of drug-likeness (QED) is 0.268. The normalized spacial score (nSPS) is 14.5. The second-order valence-electron chi connectivity index (χ2n) is 9.48.